The lowest BCUT2D eigenvalue weighted by Crippen LogP contribution is -2.45. The molecule has 3 aliphatic rings. The van der Waals surface area contributed by atoms with Gasteiger partial charge in [-0.1, -0.05) is 6.42 Å². The standard InChI is InChI=1S/C18H27N3O2S/c1-14-16(24-13-19-14)11-20-9-7-18(12-20)6-4-5-15(18)17(22)21-8-2-3-10-23-21/h13,15H,2-12H2,1H3/t15-,18+/m1/s1. The van der Waals surface area contributed by atoms with Crippen molar-refractivity contribution in [2.24, 2.45) is 11.3 Å². The molecule has 2 saturated heterocycles. The first-order valence-electron chi connectivity index (χ1n) is 9.24. The highest BCUT2D eigenvalue weighted by Gasteiger charge is 2.51. The van der Waals surface area contributed by atoms with Gasteiger partial charge in [-0.25, -0.2) is 10.0 Å². The smallest absolute Gasteiger partial charge is 0.249 e. The van der Waals surface area contributed by atoms with Crippen LogP contribution in [0.5, 0.6) is 0 Å². The molecule has 2 atom stereocenters. The largest absolute Gasteiger partial charge is 0.298 e. The average Bonchev–Trinajstić information content (AvgIpc) is 3.31. The highest BCUT2D eigenvalue weighted by atomic mass is 32.1. The maximum Gasteiger partial charge on any atom is 0.249 e. The van der Waals surface area contributed by atoms with Crippen LogP contribution in [0, 0.1) is 18.3 Å². The molecule has 1 spiro atoms. The maximum absolute atomic E-state index is 13.0. The van der Waals surface area contributed by atoms with Crippen LogP contribution < -0.4 is 0 Å². The Balaban J connectivity index is 1.44. The number of aromatic nitrogens is 1. The topological polar surface area (TPSA) is 45.7 Å². The molecule has 132 valence electrons. The normalized spacial score (nSPS) is 31.2. The van der Waals surface area contributed by atoms with Crippen LogP contribution >= 0.6 is 11.3 Å². The molecule has 0 aromatic carbocycles. The summed E-state index contributed by atoms with van der Waals surface area (Å²) in [6.07, 6.45) is 6.69. The lowest BCUT2D eigenvalue weighted by atomic mass is 9.76. The number of aryl methyl sites for hydroxylation is 1. The number of carbonyl (C=O) groups excluding carboxylic acids is 1. The third-order valence-electron chi connectivity index (χ3n) is 6.13. The first kappa shape index (κ1) is 16.5. The molecule has 3 heterocycles. The van der Waals surface area contributed by atoms with Gasteiger partial charge in [-0.2, -0.15) is 0 Å². The summed E-state index contributed by atoms with van der Waals surface area (Å²) >= 11 is 1.75. The fourth-order valence-electron chi connectivity index (χ4n) is 4.76. The van der Waals surface area contributed by atoms with Crippen molar-refractivity contribution in [1.82, 2.24) is 14.9 Å². The molecule has 24 heavy (non-hydrogen) atoms. The number of amides is 1. The van der Waals surface area contributed by atoms with Gasteiger partial charge in [0.1, 0.15) is 0 Å². The van der Waals surface area contributed by atoms with E-state index >= 15 is 0 Å². The van der Waals surface area contributed by atoms with E-state index in [-0.39, 0.29) is 17.2 Å². The summed E-state index contributed by atoms with van der Waals surface area (Å²) in [4.78, 5) is 26.9. The Labute approximate surface area is 147 Å². The van der Waals surface area contributed by atoms with E-state index in [1.165, 1.54) is 17.7 Å². The Bertz CT molecular complexity index is 599. The maximum atomic E-state index is 13.0. The number of rotatable bonds is 3. The van der Waals surface area contributed by atoms with Crippen LogP contribution in [0.1, 0.15) is 49.1 Å². The van der Waals surface area contributed by atoms with Crippen molar-refractivity contribution in [3.05, 3.63) is 16.1 Å². The number of hydroxylamine groups is 2. The van der Waals surface area contributed by atoms with E-state index < -0.39 is 0 Å². The van der Waals surface area contributed by atoms with Gasteiger partial charge in [0, 0.05) is 30.4 Å². The first-order valence-corrected chi connectivity index (χ1v) is 10.1. The minimum atomic E-state index is 0.156. The number of hydrogen-bond donors (Lipinski definition) is 0. The Kier molecular flexibility index (Phi) is 4.62. The van der Waals surface area contributed by atoms with Crippen molar-refractivity contribution in [2.75, 3.05) is 26.2 Å². The Hall–Kier alpha value is -0.980. The molecule has 4 rings (SSSR count). The zero-order valence-corrected chi connectivity index (χ0v) is 15.3. The van der Waals surface area contributed by atoms with Crippen LogP contribution in [0.3, 0.4) is 0 Å². The predicted molar refractivity (Wildman–Crippen MR) is 93.4 cm³/mol. The summed E-state index contributed by atoms with van der Waals surface area (Å²) in [5, 5.41) is 1.68. The molecule has 6 heteroatoms. The van der Waals surface area contributed by atoms with Crippen molar-refractivity contribution < 1.29 is 9.63 Å². The monoisotopic (exact) mass is 349 g/mol. The van der Waals surface area contributed by atoms with E-state index in [9.17, 15) is 4.79 Å². The quantitative estimate of drug-likeness (QED) is 0.841. The summed E-state index contributed by atoms with van der Waals surface area (Å²) in [6, 6.07) is 0. The first-order chi connectivity index (χ1) is 11.7. The summed E-state index contributed by atoms with van der Waals surface area (Å²) in [5.74, 6) is 0.408. The highest BCUT2D eigenvalue weighted by molar-refractivity contribution is 7.09. The van der Waals surface area contributed by atoms with Crippen molar-refractivity contribution in [3.63, 3.8) is 0 Å². The molecular formula is C18H27N3O2S. The van der Waals surface area contributed by atoms with E-state index in [4.69, 9.17) is 4.84 Å². The molecule has 0 N–H and O–H groups in total. The molecule has 1 saturated carbocycles. The average molecular weight is 350 g/mol. The molecule has 2 aliphatic heterocycles. The van der Waals surface area contributed by atoms with Gasteiger partial charge in [0.2, 0.25) is 5.91 Å². The molecule has 1 aromatic heterocycles. The number of thiazole rings is 1. The van der Waals surface area contributed by atoms with Crippen molar-refractivity contribution in [2.45, 2.75) is 52.0 Å². The van der Waals surface area contributed by atoms with Crippen molar-refractivity contribution >= 4 is 17.2 Å². The zero-order chi connectivity index (χ0) is 16.6. The predicted octanol–water partition coefficient (Wildman–Crippen LogP) is 3.00. The number of likely N-dealkylation sites (tertiary alicyclic amines) is 1. The van der Waals surface area contributed by atoms with Crippen LogP contribution in [-0.4, -0.2) is 47.1 Å². The summed E-state index contributed by atoms with van der Waals surface area (Å²) in [5.41, 5.74) is 3.27. The zero-order valence-electron chi connectivity index (χ0n) is 14.5. The highest BCUT2D eigenvalue weighted by Crippen LogP contribution is 2.50. The van der Waals surface area contributed by atoms with Crippen LogP contribution in [-0.2, 0) is 16.2 Å². The van der Waals surface area contributed by atoms with Crippen molar-refractivity contribution in [1.29, 1.82) is 0 Å². The molecule has 1 aliphatic carbocycles. The second-order valence-electron chi connectivity index (χ2n) is 7.61. The van der Waals surface area contributed by atoms with Gasteiger partial charge in [-0.3, -0.25) is 14.5 Å². The van der Waals surface area contributed by atoms with Gasteiger partial charge in [0.15, 0.2) is 0 Å². The fourth-order valence-corrected chi connectivity index (χ4v) is 5.58. The molecule has 0 unspecified atom stereocenters. The third-order valence-corrected chi connectivity index (χ3v) is 7.05. The van der Waals surface area contributed by atoms with Crippen LogP contribution in [0.4, 0.5) is 0 Å². The Morgan fingerprint density at radius 1 is 1.38 bits per heavy atom. The van der Waals surface area contributed by atoms with E-state index in [0.717, 1.165) is 57.6 Å². The van der Waals surface area contributed by atoms with E-state index in [1.807, 2.05) is 5.51 Å². The third kappa shape index (κ3) is 3.00. The van der Waals surface area contributed by atoms with Crippen LogP contribution in [0.15, 0.2) is 5.51 Å². The van der Waals surface area contributed by atoms with E-state index in [0.29, 0.717) is 6.61 Å². The van der Waals surface area contributed by atoms with Gasteiger partial charge in [-0.05, 0) is 51.0 Å². The van der Waals surface area contributed by atoms with Gasteiger partial charge in [0.05, 0.1) is 17.8 Å². The van der Waals surface area contributed by atoms with Gasteiger partial charge < -0.3 is 0 Å². The molecule has 1 aromatic rings. The lowest BCUT2D eigenvalue weighted by Gasteiger charge is -2.35. The van der Waals surface area contributed by atoms with Gasteiger partial charge in [-0.15, -0.1) is 11.3 Å². The Morgan fingerprint density at radius 2 is 2.29 bits per heavy atom. The Morgan fingerprint density at radius 3 is 3.04 bits per heavy atom. The summed E-state index contributed by atoms with van der Waals surface area (Å²) in [7, 11) is 0. The molecule has 5 nitrogen and oxygen atoms in total. The minimum absolute atomic E-state index is 0.156. The van der Waals surface area contributed by atoms with E-state index in [1.54, 1.807) is 16.4 Å². The molecule has 1 amide bonds. The molecular weight excluding hydrogens is 322 g/mol. The summed E-state index contributed by atoms with van der Waals surface area (Å²) in [6.45, 7) is 6.70. The van der Waals surface area contributed by atoms with Crippen LogP contribution in [0.2, 0.25) is 0 Å². The number of nitrogens with zero attached hydrogens (tertiary/aromatic N) is 3. The summed E-state index contributed by atoms with van der Waals surface area (Å²) < 4.78 is 0. The van der Waals surface area contributed by atoms with Crippen molar-refractivity contribution in [3.8, 4) is 0 Å². The fraction of sp³-hybridized carbons (Fsp3) is 0.778. The number of carbonyl (C=O) groups is 1. The second kappa shape index (κ2) is 6.73. The molecule has 0 bridgehead atoms. The van der Waals surface area contributed by atoms with Crippen LogP contribution in [0.25, 0.3) is 0 Å². The second-order valence-corrected chi connectivity index (χ2v) is 8.55. The minimum Gasteiger partial charge on any atom is -0.298 e. The molecule has 3 fully saturated rings. The van der Waals surface area contributed by atoms with Gasteiger partial charge >= 0.3 is 0 Å². The SMILES string of the molecule is Cc1ncsc1CN1CC[C@@]2(CCC[C@@H]2C(=O)N2CCCCO2)C1. The lowest BCUT2D eigenvalue weighted by molar-refractivity contribution is -0.204. The number of hydrogen-bond acceptors (Lipinski definition) is 5. The molecule has 0 radical (unpaired) electrons. The van der Waals surface area contributed by atoms with Gasteiger partial charge in [0.25, 0.3) is 0 Å². The van der Waals surface area contributed by atoms with E-state index in [2.05, 4.69) is 16.8 Å².